The molecule has 0 fully saturated rings. The maximum absolute atomic E-state index is 12.7. The minimum atomic E-state index is -0.806. The average Bonchev–Trinajstić information content (AvgIpc) is 3.17. The third-order valence-electron chi connectivity index (χ3n) is 9.32. The molecule has 0 heterocycles. The lowest BCUT2D eigenvalue weighted by Gasteiger charge is -2.18. The highest BCUT2D eigenvalue weighted by molar-refractivity contribution is 5.72. The molecule has 0 N–H and O–H groups in total. The van der Waals surface area contributed by atoms with Gasteiger partial charge in [-0.05, 0) is 44.9 Å². The molecule has 54 heavy (non-hydrogen) atoms. The molecule has 0 aliphatic rings. The molecule has 310 valence electrons. The molecule has 0 amide bonds. The molecule has 0 radical (unpaired) electrons. The van der Waals surface area contributed by atoms with E-state index in [1.807, 2.05) is 6.08 Å². The SMILES string of the molecule is CC/C=C\C/C=C\C/C=C\C/C=C\C/C=C\CC(=O)OCC(COC(=O)CCCCCCCCCCC)OC(=O)CCCCCCCCCCCCCC. The van der Waals surface area contributed by atoms with Gasteiger partial charge in [-0.25, -0.2) is 0 Å². The average molecular weight is 755 g/mol. The zero-order valence-corrected chi connectivity index (χ0v) is 35.2. The van der Waals surface area contributed by atoms with Gasteiger partial charge in [0.1, 0.15) is 13.2 Å². The Labute approximate surface area is 332 Å². The van der Waals surface area contributed by atoms with Gasteiger partial charge in [-0.15, -0.1) is 0 Å². The highest BCUT2D eigenvalue weighted by atomic mass is 16.6. The van der Waals surface area contributed by atoms with Crippen LogP contribution in [0.5, 0.6) is 0 Å². The van der Waals surface area contributed by atoms with Gasteiger partial charge in [0.15, 0.2) is 6.10 Å². The standard InChI is InChI=1S/C48H82O6/c1-4-7-10-13-16-19-21-23-24-25-27-29-32-35-38-41-47(50)53-44-45(43-52-46(49)40-37-34-31-28-18-15-12-9-6-3)54-48(51)42-39-36-33-30-26-22-20-17-14-11-8-5-2/h7,10,16,19,23-24,27,29,35,38,45H,4-6,8-9,11-15,17-18,20-22,25-26,28,30-34,36-37,39-44H2,1-3H3/b10-7-,19-16-,24-23-,29-27-,38-35-. The molecule has 6 heteroatoms. The molecule has 0 aromatic heterocycles. The Balaban J connectivity index is 4.49. The zero-order chi connectivity index (χ0) is 39.4. The van der Waals surface area contributed by atoms with Gasteiger partial charge in [-0.2, -0.15) is 0 Å². The van der Waals surface area contributed by atoms with Crippen LogP contribution in [0.3, 0.4) is 0 Å². The second-order valence-electron chi connectivity index (χ2n) is 14.6. The number of hydrogen-bond donors (Lipinski definition) is 0. The summed E-state index contributed by atoms with van der Waals surface area (Å²) in [6.45, 7) is 6.39. The molecule has 0 aliphatic carbocycles. The number of ether oxygens (including phenoxy) is 3. The Hall–Kier alpha value is -2.89. The zero-order valence-electron chi connectivity index (χ0n) is 35.2. The molecule has 0 aromatic carbocycles. The number of carbonyl (C=O) groups excluding carboxylic acids is 3. The van der Waals surface area contributed by atoms with Crippen LogP contribution in [0.2, 0.25) is 0 Å². The molecule has 0 aromatic rings. The van der Waals surface area contributed by atoms with Crippen molar-refractivity contribution in [2.45, 2.75) is 213 Å². The summed E-state index contributed by atoms with van der Waals surface area (Å²) in [5, 5.41) is 0. The maximum atomic E-state index is 12.7. The summed E-state index contributed by atoms with van der Waals surface area (Å²) in [5.74, 6) is -1.04. The van der Waals surface area contributed by atoms with Crippen molar-refractivity contribution in [1.29, 1.82) is 0 Å². The molecular formula is C48H82O6. The summed E-state index contributed by atoms with van der Waals surface area (Å²) in [6, 6.07) is 0. The van der Waals surface area contributed by atoms with Gasteiger partial charge in [0.2, 0.25) is 0 Å². The molecule has 0 saturated heterocycles. The normalized spacial score (nSPS) is 12.6. The quantitative estimate of drug-likeness (QED) is 0.0269. The van der Waals surface area contributed by atoms with E-state index in [0.29, 0.717) is 12.8 Å². The van der Waals surface area contributed by atoms with Crippen LogP contribution in [-0.2, 0) is 28.6 Å². The van der Waals surface area contributed by atoms with E-state index in [1.165, 1.54) is 96.3 Å². The van der Waals surface area contributed by atoms with Gasteiger partial charge < -0.3 is 14.2 Å². The van der Waals surface area contributed by atoms with Crippen LogP contribution in [0.1, 0.15) is 207 Å². The largest absolute Gasteiger partial charge is 0.462 e. The van der Waals surface area contributed by atoms with Gasteiger partial charge in [0.05, 0.1) is 6.42 Å². The van der Waals surface area contributed by atoms with E-state index in [0.717, 1.165) is 70.6 Å². The number of esters is 3. The molecule has 6 nitrogen and oxygen atoms in total. The van der Waals surface area contributed by atoms with Crippen LogP contribution >= 0.6 is 0 Å². The molecule has 1 unspecified atom stereocenters. The fraction of sp³-hybridized carbons (Fsp3) is 0.729. The molecular weight excluding hydrogens is 673 g/mol. The van der Waals surface area contributed by atoms with E-state index in [2.05, 4.69) is 69.4 Å². The van der Waals surface area contributed by atoms with Crippen molar-refractivity contribution in [2.24, 2.45) is 0 Å². The fourth-order valence-corrected chi connectivity index (χ4v) is 5.98. The Kier molecular flexibility index (Phi) is 40.6. The number of hydrogen-bond acceptors (Lipinski definition) is 6. The van der Waals surface area contributed by atoms with Crippen LogP contribution in [0.15, 0.2) is 60.8 Å². The lowest BCUT2D eigenvalue weighted by molar-refractivity contribution is -0.166. The molecule has 1 atom stereocenters. The fourth-order valence-electron chi connectivity index (χ4n) is 5.98. The van der Waals surface area contributed by atoms with Crippen molar-refractivity contribution < 1.29 is 28.6 Å². The summed E-state index contributed by atoms with van der Waals surface area (Å²) in [4.78, 5) is 37.6. The summed E-state index contributed by atoms with van der Waals surface area (Å²) in [7, 11) is 0. The van der Waals surface area contributed by atoms with Gasteiger partial charge in [0, 0.05) is 12.8 Å². The summed E-state index contributed by atoms with van der Waals surface area (Å²) < 4.78 is 16.6. The van der Waals surface area contributed by atoms with Crippen molar-refractivity contribution in [2.75, 3.05) is 13.2 Å². The smallest absolute Gasteiger partial charge is 0.309 e. The van der Waals surface area contributed by atoms with E-state index in [9.17, 15) is 14.4 Å². The first-order valence-corrected chi connectivity index (χ1v) is 22.3. The Morgan fingerprint density at radius 1 is 0.389 bits per heavy atom. The highest BCUT2D eigenvalue weighted by Gasteiger charge is 2.19. The van der Waals surface area contributed by atoms with Gasteiger partial charge >= 0.3 is 17.9 Å². The summed E-state index contributed by atoms with van der Waals surface area (Å²) in [6.07, 6.45) is 50.8. The lowest BCUT2D eigenvalue weighted by atomic mass is 10.0. The highest BCUT2D eigenvalue weighted by Crippen LogP contribution is 2.14. The maximum Gasteiger partial charge on any atom is 0.309 e. The van der Waals surface area contributed by atoms with Crippen molar-refractivity contribution >= 4 is 17.9 Å². The first-order chi connectivity index (χ1) is 26.5. The molecule has 0 spiro atoms. The number of carbonyl (C=O) groups is 3. The van der Waals surface area contributed by atoms with E-state index in [1.54, 1.807) is 6.08 Å². The van der Waals surface area contributed by atoms with Crippen molar-refractivity contribution in [3.05, 3.63) is 60.8 Å². The Morgan fingerprint density at radius 2 is 0.722 bits per heavy atom. The van der Waals surface area contributed by atoms with Crippen LogP contribution < -0.4 is 0 Å². The van der Waals surface area contributed by atoms with Crippen LogP contribution in [-0.4, -0.2) is 37.2 Å². The summed E-state index contributed by atoms with van der Waals surface area (Å²) in [5.41, 5.74) is 0. The third kappa shape index (κ3) is 40.3. The van der Waals surface area contributed by atoms with Crippen LogP contribution in [0, 0.1) is 0 Å². The van der Waals surface area contributed by atoms with E-state index >= 15 is 0 Å². The number of rotatable bonds is 39. The van der Waals surface area contributed by atoms with E-state index in [-0.39, 0.29) is 31.6 Å². The monoisotopic (exact) mass is 755 g/mol. The first-order valence-electron chi connectivity index (χ1n) is 22.3. The van der Waals surface area contributed by atoms with Gasteiger partial charge in [-0.1, -0.05) is 204 Å². The number of allylic oxidation sites excluding steroid dienone is 9. The molecule has 0 rings (SSSR count). The summed E-state index contributed by atoms with van der Waals surface area (Å²) >= 11 is 0. The lowest BCUT2D eigenvalue weighted by Crippen LogP contribution is -2.30. The van der Waals surface area contributed by atoms with Crippen LogP contribution in [0.25, 0.3) is 0 Å². The van der Waals surface area contributed by atoms with Gasteiger partial charge in [-0.3, -0.25) is 14.4 Å². The predicted octanol–water partition coefficient (Wildman–Crippen LogP) is 14.1. The Morgan fingerprint density at radius 3 is 1.13 bits per heavy atom. The molecule has 0 aliphatic heterocycles. The third-order valence-corrected chi connectivity index (χ3v) is 9.32. The molecule has 0 bridgehead atoms. The minimum Gasteiger partial charge on any atom is -0.462 e. The Bertz CT molecular complexity index is 1010. The van der Waals surface area contributed by atoms with Crippen molar-refractivity contribution in [1.82, 2.24) is 0 Å². The predicted molar refractivity (Wildman–Crippen MR) is 228 cm³/mol. The molecule has 0 saturated carbocycles. The van der Waals surface area contributed by atoms with E-state index in [4.69, 9.17) is 14.2 Å². The van der Waals surface area contributed by atoms with Crippen LogP contribution in [0.4, 0.5) is 0 Å². The minimum absolute atomic E-state index is 0.102. The second-order valence-corrected chi connectivity index (χ2v) is 14.6. The van der Waals surface area contributed by atoms with E-state index < -0.39 is 12.1 Å². The van der Waals surface area contributed by atoms with Crippen molar-refractivity contribution in [3.63, 3.8) is 0 Å². The van der Waals surface area contributed by atoms with Gasteiger partial charge in [0.25, 0.3) is 0 Å². The second kappa shape index (κ2) is 42.8. The van der Waals surface area contributed by atoms with Crippen molar-refractivity contribution in [3.8, 4) is 0 Å². The topological polar surface area (TPSA) is 78.9 Å². The first kappa shape index (κ1) is 51.1. The number of unbranched alkanes of at least 4 members (excludes halogenated alkanes) is 19.